The molecule has 0 aromatic carbocycles. The highest BCUT2D eigenvalue weighted by atomic mass is 14.6. The van der Waals surface area contributed by atoms with Gasteiger partial charge in [0.15, 0.2) is 0 Å². The summed E-state index contributed by atoms with van der Waals surface area (Å²) in [4.78, 5) is 0. The summed E-state index contributed by atoms with van der Waals surface area (Å²) < 4.78 is 0. The first-order chi connectivity index (χ1) is 8.78. The van der Waals surface area contributed by atoms with Crippen LogP contribution in [0.2, 0.25) is 0 Å². The number of rotatable bonds is 0. The highest BCUT2D eigenvalue weighted by molar-refractivity contribution is 5.02. The zero-order valence-electron chi connectivity index (χ0n) is 12.2. The summed E-state index contributed by atoms with van der Waals surface area (Å²) in [5.41, 5.74) is 0.767. The van der Waals surface area contributed by atoms with Crippen LogP contribution in [0.5, 0.6) is 0 Å². The van der Waals surface area contributed by atoms with Crippen molar-refractivity contribution in [3.63, 3.8) is 0 Å². The Morgan fingerprint density at radius 1 is 0.684 bits per heavy atom. The first-order valence-electron chi connectivity index (χ1n) is 8.78. The van der Waals surface area contributed by atoms with Crippen LogP contribution in [0.25, 0.3) is 0 Å². The number of hydrogen-bond acceptors (Lipinski definition) is 0. The Bertz CT molecular complexity index is 320. The Labute approximate surface area is 120 Å². The van der Waals surface area contributed by atoms with Gasteiger partial charge in [-0.15, -0.1) is 0 Å². The van der Waals surface area contributed by atoms with Gasteiger partial charge in [0.1, 0.15) is 0 Å². The fourth-order valence-corrected chi connectivity index (χ4v) is 6.82. The molecule has 0 amide bonds. The van der Waals surface area contributed by atoms with Gasteiger partial charge in [0.05, 0.1) is 0 Å². The largest absolute Gasteiger partial charge is 0.0776 e. The molecule has 110 valence electrons. The van der Waals surface area contributed by atoms with Crippen molar-refractivity contribution in [3.8, 4) is 0 Å². The molecule has 0 bridgehead atoms. The summed E-state index contributed by atoms with van der Waals surface area (Å²) in [5.74, 6) is 5.72. The van der Waals surface area contributed by atoms with E-state index in [0.29, 0.717) is 0 Å². The monoisotopic (exact) mass is 262 g/mol. The number of hydrogen-bond donors (Lipinski definition) is 0. The van der Waals surface area contributed by atoms with E-state index in [2.05, 4.69) is 6.92 Å². The molecule has 0 nitrogen and oxygen atoms in total. The second-order valence-corrected chi connectivity index (χ2v) is 8.30. The molecule has 0 aliphatic heterocycles. The van der Waals surface area contributed by atoms with Crippen LogP contribution in [0.1, 0.15) is 85.0 Å². The van der Waals surface area contributed by atoms with Crippen LogP contribution in [-0.2, 0) is 0 Å². The van der Waals surface area contributed by atoms with Crippen molar-refractivity contribution >= 4 is 0 Å². The van der Waals surface area contributed by atoms with Gasteiger partial charge < -0.3 is 0 Å². The van der Waals surface area contributed by atoms with Crippen LogP contribution in [0.3, 0.4) is 0 Å². The third kappa shape index (κ3) is 2.09. The highest BCUT2D eigenvalue weighted by Crippen LogP contribution is 2.62. The average Bonchev–Trinajstić information content (AvgIpc) is 2.80. The molecule has 4 aliphatic rings. The Kier molecular flexibility index (Phi) is 3.73. The van der Waals surface area contributed by atoms with E-state index in [1.165, 1.54) is 0 Å². The average molecular weight is 262 g/mol. The van der Waals surface area contributed by atoms with Gasteiger partial charge in [0, 0.05) is 0 Å². The quantitative estimate of drug-likeness (QED) is 0.498. The summed E-state index contributed by atoms with van der Waals surface area (Å²) in [5, 5.41) is 0. The summed E-state index contributed by atoms with van der Waals surface area (Å²) in [7, 11) is 0. The fourth-order valence-electron chi connectivity index (χ4n) is 6.82. The van der Waals surface area contributed by atoms with E-state index in [0.717, 1.165) is 35.0 Å². The Morgan fingerprint density at radius 2 is 1.53 bits per heavy atom. The molecular weight excluding hydrogens is 228 g/mol. The lowest BCUT2D eigenvalue weighted by atomic mass is 9.51. The lowest BCUT2D eigenvalue weighted by Gasteiger charge is -2.54. The molecule has 0 aromatic heterocycles. The highest BCUT2D eigenvalue weighted by Gasteiger charge is 2.52. The van der Waals surface area contributed by atoms with Crippen molar-refractivity contribution in [1.29, 1.82) is 0 Å². The van der Waals surface area contributed by atoms with Gasteiger partial charge in [0.25, 0.3) is 0 Å². The zero-order valence-corrected chi connectivity index (χ0v) is 12.2. The maximum absolute atomic E-state index is 2.63. The summed E-state index contributed by atoms with van der Waals surface area (Å²) in [6, 6.07) is 0. The lowest BCUT2D eigenvalue weighted by Crippen LogP contribution is -2.46. The molecule has 0 spiro atoms. The molecule has 6 atom stereocenters. The minimum absolute atomic E-state index is 0. The predicted molar refractivity (Wildman–Crippen MR) is 83.1 cm³/mol. The van der Waals surface area contributed by atoms with Gasteiger partial charge in [-0.3, -0.25) is 0 Å². The smallest absolute Gasteiger partial charge is 0.0295 e. The predicted octanol–water partition coefficient (Wildman–Crippen LogP) is 6.06. The van der Waals surface area contributed by atoms with Crippen LogP contribution in [0, 0.1) is 35.0 Å². The Hall–Kier alpha value is 0. The fraction of sp³-hybridized carbons (Fsp3) is 1.00. The first kappa shape index (κ1) is 14.0. The van der Waals surface area contributed by atoms with E-state index in [1.807, 2.05) is 0 Å². The van der Waals surface area contributed by atoms with Crippen molar-refractivity contribution in [2.24, 2.45) is 35.0 Å². The van der Waals surface area contributed by atoms with Crippen molar-refractivity contribution in [2.45, 2.75) is 85.0 Å². The maximum atomic E-state index is 2.63. The SMILES string of the molecule is C.C[C@@]12CCC[C@H]1[C@@H]1CCC3CCCC[C@@H]3[C@H]1CC2. The Morgan fingerprint density at radius 3 is 2.42 bits per heavy atom. The van der Waals surface area contributed by atoms with E-state index in [9.17, 15) is 0 Å². The van der Waals surface area contributed by atoms with Gasteiger partial charge in [-0.1, -0.05) is 40.0 Å². The normalized spacial score (nSPS) is 52.6. The van der Waals surface area contributed by atoms with Crippen molar-refractivity contribution < 1.29 is 0 Å². The van der Waals surface area contributed by atoms with E-state index < -0.39 is 0 Å². The van der Waals surface area contributed by atoms with Gasteiger partial charge in [-0.05, 0) is 80.0 Å². The van der Waals surface area contributed by atoms with Crippen LogP contribution in [-0.4, -0.2) is 0 Å². The van der Waals surface area contributed by atoms with Crippen molar-refractivity contribution in [2.75, 3.05) is 0 Å². The molecule has 4 rings (SSSR count). The second kappa shape index (κ2) is 5.08. The molecule has 0 saturated heterocycles. The standard InChI is InChI=1S/C18H30.CH4/c1-18-11-4-7-17(18)16-9-8-13-5-2-3-6-14(13)15(16)10-12-18;/h13-17H,2-12H2,1H3;1H4/t13?,14-,15+,16+,17-,18-;/m0./s1. The summed E-state index contributed by atoms with van der Waals surface area (Å²) in [6.45, 7) is 2.63. The minimum Gasteiger partial charge on any atom is -0.0776 e. The molecule has 0 N–H and O–H groups in total. The third-order valence-corrected chi connectivity index (χ3v) is 7.66. The van der Waals surface area contributed by atoms with E-state index >= 15 is 0 Å². The van der Waals surface area contributed by atoms with Gasteiger partial charge in [-0.25, -0.2) is 0 Å². The van der Waals surface area contributed by atoms with Crippen LogP contribution < -0.4 is 0 Å². The topological polar surface area (TPSA) is 0 Å². The molecule has 19 heavy (non-hydrogen) atoms. The van der Waals surface area contributed by atoms with Crippen LogP contribution in [0.15, 0.2) is 0 Å². The molecule has 0 radical (unpaired) electrons. The van der Waals surface area contributed by atoms with Crippen molar-refractivity contribution in [1.82, 2.24) is 0 Å². The molecule has 0 aromatic rings. The Balaban J connectivity index is 0.00000110. The maximum Gasteiger partial charge on any atom is -0.0295 e. The van der Waals surface area contributed by atoms with Crippen LogP contribution >= 0.6 is 0 Å². The van der Waals surface area contributed by atoms with Gasteiger partial charge in [-0.2, -0.15) is 0 Å². The lowest BCUT2D eigenvalue weighted by molar-refractivity contribution is -0.0492. The van der Waals surface area contributed by atoms with Crippen molar-refractivity contribution in [3.05, 3.63) is 0 Å². The zero-order chi connectivity index (χ0) is 12.2. The molecule has 1 unspecified atom stereocenters. The molecule has 4 aliphatic carbocycles. The summed E-state index contributed by atoms with van der Waals surface area (Å²) in [6.07, 6.45) is 17.3. The van der Waals surface area contributed by atoms with E-state index in [-0.39, 0.29) is 7.43 Å². The van der Waals surface area contributed by atoms with Gasteiger partial charge >= 0.3 is 0 Å². The van der Waals surface area contributed by atoms with E-state index in [1.54, 1.807) is 70.6 Å². The van der Waals surface area contributed by atoms with Crippen LogP contribution in [0.4, 0.5) is 0 Å². The molecule has 4 saturated carbocycles. The third-order valence-electron chi connectivity index (χ3n) is 7.66. The number of fused-ring (bicyclic) bond motifs is 5. The minimum atomic E-state index is 0. The molecule has 4 fully saturated rings. The molecule has 0 heterocycles. The molecule has 0 heteroatoms. The second-order valence-electron chi connectivity index (χ2n) is 8.30. The molecular formula is C19H34. The summed E-state index contributed by atoms with van der Waals surface area (Å²) >= 11 is 0. The van der Waals surface area contributed by atoms with Gasteiger partial charge in [0.2, 0.25) is 0 Å². The van der Waals surface area contributed by atoms with E-state index in [4.69, 9.17) is 0 Å². The first-order valence-corrected chi connectivity index (χ1v) is 8.78.